The molecular weight excluding hydrogens is 311 g/mol. The van der Waals surface area contributed by atoms with Gasteiger partial charge in [0.05, 0.1) is 0 Å². The Hall–Kier alpha value is -0.130. The summed E-state index contributed by atoms with van der Waals surface area (Å²) in [6.07, 6.45) is 0. The van der Waals surface area contributed by atoms with Gasteiger partial charge in [0, 0.05) is 35.3 Å². The van der Waals surface area contributed by atoms with Crippen LogP contribution in [0.5, 0.6) is 0 Å². The minimum atomic E-state index is 0.251. The number of nitrogens with one attached hydrogen (secondary N) is 1. The highest BCUT2D eigenvalue weighted by Gasteiger charge is 2.25. The minimum absolute atomic E-state index is 0.251. The molecule has 2 rings (SSSR count). The summed E-state index contributed by atoms with van der Waals surface area (Å²) in [7, 11) is 0. The van der Waals surface area contributed by atoms with Crippen molar-refractivity contribution >= 4 is 22.6 Å². The Morgan fingerprint density at radius 3 is 2.62 bits per heavy atom. The third-order valence-corrected chi connectivity index (χ3v) is 3.69. The van der Waals surface area contributed by atoms with Crippen LogP contribution in [-0.4, -0.2) is 30.1 Å². The Morgan fingerprint density at radius 2 is 2.00 bits per heavy atom. The number of rotatable bonds is 2. The fourth-order valence-corrected chi connectivity index (χ4v) is 2.59. The molecule has 0 atom stereocenters. The van der Waals surface area contributed by atoms with Gasteiger partial charge in [-0.15, -0.1) is 0 Å². The maximum Gasteiger partial charge on any atom is 0.0252 e. The Balaban J connectivity index is 1.97. The van der Waals surface area contributed by atoms with Crippen LogP contribution in [-0.2, 0) is 6.54 Å². The molecule has 1 heterocycles. The quantitative estimate of drug-likeness (QED) is 0.838. The molecular formula is C13H19IN2. The fraction of sp³-hybridized carbons (Fsp3) is 0.538. The van der Waals surface area contributed by atoms with E-state index in [0.29, 0.717) is 0 Å². The molecule has 0 aliphatic carbocycles. The highest BCUT2D eigenvalue weighted by atomic mass is 127. The first kappa shape index (κ1) is 12.3. The van der Waals surface area contributed by atoms with Crippen molar-refractivity contribution < 1.29 is 0 Å². The topological polar surface area (TPSA) is 15.3 Å². The summed E-state index contributed by atoms with van der Waals surface area (Å²) in [6, 6.07) is 8.83. The van der Waals surface area contributed by atoms with E-state index in [1.807, 2.05) is 0 Å². The van der Waals surface area contributed by atoms with Gasteiger partial charge >= 0.3 is 0 Å². The summed E-state index contributed by atoms with van der Waals surface area (Å²) in [6.45, 7) is 8.98. The second-order valence-corrected chi connectivity index (χ2v) is 6.39. The molecule has 1 aliphatic rings. The number of hydrogen-bond acceptors (Lipinski definition) is 2. The predicted octanol–water partition coefficient (Wildman–Crippen LogP) is 2.48. The first-order valence-electron chi connectivity index (χ1n) is 5.77. The molecule has 2 nitrogen and oxygen atoms in total. The van der Waals surface area contributed by atoms with Crippen LogP contribution < -0.4 is 5.32 Å². The molecule has 0 radical (unpaired) electrons. The Bertz CT molecular complexity index is 345. The Morgan fingerprint density at radius 1 is 1.31 bits per heavy atom. The van der Waals surface area contributed by atoms with E-state index in [1.165, 1.54) is 9.13 Å². The molecule has 0 aromatic heterocycles. The highest BCUT2D eigenvalue weighted by Crippen LogP contribution is 2.14. The third-order valence-electron chi connectivity index (χ3n) is 2.97. The SMILES string of the molecule is CC1(C)CN(Cc2ccc(I)cc2)CCN1. The third kappa shape index (κ3) is 3.43. The molecule has 88 valence electrons. The number of nitrogens with zero attached hydrogens (tertiary/aromatic N) is 1. The smallest absolute Gasteiger partial charge is 0.0252 e. The molecule has 1 aromatic carbocycles. The van der Waals surface area contributed by atoms with E-state index < -0.39 is 0 Å². The van der Waals surface area contributed by atoms with Crippen molar-refractivity contribution in [3.63, 3.8) is 0 Å². The second kappa shape index (κ2) is 5.02. The molecule has 1 aromatic rings. The molecule has 0 saturated carbocycles. The van der Waals surface area contributed by atoms with Gasteiger partial charge in [0.1, 0.15) is 0 Å². The van der Waals surface area contributed by atoms with Crippen LogP contribution in [0.15, 0.2) is 24.3 Å². The van der Waals surface area contributed by atoms with Gasteiger partial charge < -0.3 is 5.32 Å². The molecule has 1 N–H and O–H groups in total. The van der Waals surface area contributed by atoms with E-state index in [0.717, 1.165) is 26.2 Å². The molecule has 0 bridgehead atoms. The van der Waals surface area contributed by atoms with Crippen LogP contribution in [0.25, 0.3) is 0 Å². The zero-order chi connectivity index (χ0) is 11.6. The lowest BCUT2D eigenvalue weighted by atomic mass is 10.0. The van der Waals surface area contributed by atoms with Gasteiger partial charge in [0.2, 0.25) is 0 Å². The normalized spacial score (nSPS) is 20.9. The summed E-state index contributed by atoms with van der Waals surface area (Å²) in [4.78, 5) is 2.53. The zero-order valence-corrected chi connectivity index (χ0v) is 12.1. The van der Waals surface area contributed by atoms with Crippen molar-refractivity contribution in [2.75, 3.05) is 19.6 Å². The van der Waals surface area contributed by atoms with Crippen molar-refractivity contribution in [2.24, 2.45) is 0 Å². The van der Waals surface area contributed by atoms with Gasteiger partial charge in [-0.05, 0) is 54.1 Å². The predicted molar refractivity (Wildman–Crippen MR) is 76.5 cm³/mol. The Labute approximate surface area is 112 Å². The lowest BCUT2D eigenvalue weighted by molar-refractivity contribution is 0.148. The van der Waals surface area contributed by atoms with Gasteiger partial charge in [0.25, 0.3) is 0 Å². The summed E-state index contributed by atoms with van der Waals surface area (Å²) in [5, 5.41) is 3.54. The van der Waals surface area contributed by atoms with Crippen LogP contribution in [0.1, 0.15) is 19.4 Å². The molecule has 0 unspecified atom stereocenters. The number of halogens is 1. The Kier molecular flexibility index (Phi) is 3.87. The molecule has 1 fully saturated rings. The van der Waals surface area contributed by atoms with Crippen LogP contribution in [0.2, 0.25) is 0 Å². The van der Waals surface area contributed by atoms with Crippen molar-refractivity contribution in [2.45, 2.75) is 25.9 Å². The van der Waals surface area contributed by atoms with Gasteiger partial charge in [-0.1, -0.05) is 12.1 Å². The first-order valence-corrected chi connectivity index (χ1v) is 6.85. The van der Waals surface area contributed by atoms with Gasteiger partial charge in [-0.3, -0.25) is 4.90 Å². The van der Waals surface area contributed by atoms with E-state index in [4.69, 9.17) is 0 Å². The average Bonchev–Trinajstić information content (AvgIpc) is 2.20. The molecule has 3 heteroatoms. The van der Waals surface area contributed by atoms with E-state index in [1.54, 1.807) is 0 Å². The van der Waals surface area contributed by atoms with Gasteiger partial charge in [-0.2, -0.15) is 0 Å². The zero-order valence-electron chi connectivity index (χ0n) is 9.96. The molecule has 0 spiro atoms. The van der Waals surface area contributed by atoms with Crippen molar-refractivity contribution in [3.05, 3.63) is 33.4 Å². The maximum atomic E-state index is 3.54. The average molecular weight is 330 g/mol. The van der Waals surface area contributed by atoms with E-state index >= 15 is 0 Å². The van der Waals surface area contributed by atoms with Gasteiger partial charge in [-0.25, -0.2) is 0 Å². The lowest BCUT2D eigenvalue weighted by Gasteiger charge is -2.39. The number of piperazine rings is 1. The molecule has 1 aliphatic heterocycles. The maximum absolute atomic E-state index is 3.54. The largest absolute Gasteiger partial charge is 0.309 e. The van der Waals surface area contributed by atoms with E-state index in [-0.39, 0.29) is 5.54 Å². The summed E-state index contributed by atoms with van der Waals surface area (Å²) in [5.74, 6) is 0. The van der Waals surface area contributed by atoms with Crippen LogP contribution >= 0.6 is 22.6 Å². The van der Waals surface area contributed by atoms with Crippen LogP contribution in [0.4, 0.5) is 0 Å². The summed E-state index contributed by atoms with van der Waals surface area (Å²) < 4.78 is 1.31. The molecule has 1 saturated heterocycles. The van der Waals surface area contributed by atoms with E-state index in [9.17, 15) is 0 Å². The molecule has 0 amide bonds. The first-order chi connectivity index (χ1) is 7.55. The number of hydrogen-bond donors (Lipinski definition) is 1. The highest BCUT2D eigenvalue weighted by molar-refractivity contribution is 14.1. The lowest BCUT2D eigenvalue weighted by Crippen LogP contribution is -2.56. The van der Waals surface area contributed by atoms with E-state index in [2.05, 4.69) is 70.9 Å². The minimum Gasteiger partial charge on any atom is -0.309 e. The number of benzene rings is 1. The fourth-order valence-electron chi connectivity index (χ4n) is 2.23. The van der Waals surface area contributed by atoms with Crippen molar-refractivity contribution in [1.82, 2.24) is 10.2 Å². The summed E-state index contributed by atoms with van der Waals surface area (Å²) in [5.41, 5.74) is 1.67. The van der Waals surface area contributed by atoms with Crippen molar-refractivity contribution in [3.8, 4) is 0 Å². The van der Waals surface area contributed by atoms with Gasteiger partial charge in [0.15, 0.2) is 0 Å². The second-order valence-electron chi connectivity index (χ2n) is 5.15. The van der Waals surface area contributed by atoms with Crippen LogP contribution in [0, 0.1) is 3.57 Å². The van der Waals surface area contributed by atoms with Crippen LogP contribution in [0.3, 0.4) is 0 Å². The summed E-state index contributed by atoms with van der Waals surface area (Å²) >= 11 is 2.35. The standard InChI is InChI=1S/C13H19IN2/c1-13(2)10-16(8-7-15-13)9-11-3-5-12(14)6-4-11/h3-6,15H,7-10H2,1-2H3. The molecule has 16 heavy (non-hydrogen) atoms. The monoisotopic (exact) mass is 330 g/mol. The van der Waals surface area contributed by atoms with Crippen molar-refractivity contribution in [1.29, 1.82) is 0 Å².